The fourth-order valence-electron chi connectivity index (χ4n) is 4.83. The van der Waals surface area contributed by atoms with Crippen molar-refractivity contribution >= 4 is 18.4 Å². The van der Waals surface area contributed by atoms with Crippen molar-refractivity contribution in [3.05, 3.63) is 89.0 Å². The van der Waals surface area contributed by atoms with E-state index in [4.69, 9.17) is 5.26 Å². The average molecular weight is 490 g/mol. The van der Waals surface area contributed by atoms with Gasteiger partial charge in [0, 0.05) is 18.8 Å². The molecule has 1 unspecified atom stereocenters. The second-order valence-corrected chi connectivity index (χ2v) is 9.04. The van der Waals surface area contributed by atoms with Crippen LogP contribution in [0.2, 0.25) is 0 Å². The lowest BCUT2D eigenvalue weighted by molar-refractivity contribution is -0.152. The van der Waals surface area contributed by atoms with Crippen molar-refractivity contribution in [2.24, 2.45) is 5.41 Å². The monoisotopic (exact) mass is 489 g/mol. The standard InChI is InChI=1S/C27H27N5O2.ClH/c1-20(25-17-30-19-32(25)18-22-7-5-21(15-28)6-8-22)31-11-9-27(10-12-31,26(33)34)14-23-3-2-4-24(13-23)16-29;/h2-8,13,17,19-20H,9-12,14,18H2,1H3,(H,33,34);1H. The molecule has 8 heteroatoms. The number of aliphatic carboxylic acids is 1. The number of halogens is 1. The zero-order valence-electron chi connectivity index (χ0n) is 19.6. The summed E-state index contributed by atoms with van der Waals surface area (Å²) in [7, 11) is 0. The molecular weight excluding hydrogens is 462 g/mol. The van der Waals surface area contributed by atoms with E-state index in [0.717, 1.165) is 16.8 Å². The number of benzene rings is 2. The Morgan fingerprint density at radius 3 is 2.40 bits per heavy atom. The Balaban J connectivity index is 0.00000342. The zero-order chi connectivity index (χ0) is 24.1. The molecule has 1 aromatic heterocycles. The van der Waals surface area contributed by atoms with Crippen LogP contribution < -0.4 is 0 Å². The molecule has 0 radical (unpaired) electrons. The molecule has 0 amide bonds. The second kappa shape index (κ2) is 11.2. The number of nitriles is 2. The maximum absolute atomic E-state index is 12.3. The van der Waals surface area contributed by atoms with Gasteiger partial charge in [0.2, 0.25) is 0 Å². The molecule has 2 aromatic carbocycles. The van der Waals surface area contributed by atoms with Gasteiger partial charge in [-0.25, -0.2) is 4.98 Å². The lowest BCUT2D eigenvalue weighted by atomic mass is 9.73. The van der Waals surface area contributed by atoms with Gasteiger partial charge in [0.1, 0.15) is 0 Å². The van der Waals surface area contributed by atoms with Crippen LogP contribution in [0.1, 0.15) is 53.8 Å². The van der Waals surface area contributed by atoms with Crippen molar-refractivity contribution in [1.29, 1.82) is 10.5 Å². The molecule has 0 spiro atoms. The molecule has 0 bridgehead atoms. The number of imidazole rings is 1. The van der Waals surface area contributed by atoms with Crippen LogP contribution in [0.5, 0.6) is 0 Å². The van der Waals surface area contributed by atoms with Crippen LogP contribution in [0.3, 0.4) is 0 Å². The van der Waals surface area contributed by atoms with E-state index in [1.165, 1.54) is 0 Å². The van der Waals surface area contributed by atoms with E-state index in [1.807, 2.05) is 48.9 Å². The molecule has 180 valence electrons. The van der Waals surface area contributed by atoms with Crippen LogP contribution in [-0.4, -0.2) is 38.6 Å². The first-order chi connectivity index (χ1) is 16.4. The van der Waals surface area contributed by atoms with E-state index < -0.39 is 11.4 Å². The predicted molar refractivity (Wildman–Crippen MR) is 134 cm³/mol. The Kier molecular flexibility index (Phi) is 8.30. The van der Waals surface area contributed by atoms with E-state index in [1.54, 1.807) is 12.1 Å². The minimum Gasteiger partial charge on any atom is -0.481 e. The summed E-state index contributed by atoms with van der Waals surface area (Å²) in [5, 5.41) is 28.3. The largest absolute Gasteiger partial charge is 0.481 e. The van der Waals surface area contributed by atoms with Crippen LogP contribution in [-0.2, 0) is 17.8 Å². The molecular formula is C27H28ClN5O2. The third kappa shape index (κ3) is 5.71. The number of rotatable bonds is 7. The highest BCUT2D eigenvalue weighted by Gasteiger charge is 2.42. The molecule has 0 aliphatic carbocycles. The summed E-state index contributed by atoms with van der Waals surface area (Å²) in [5.41, 5.74) is 3.43. The molecule has 1 fully saturated rings. The van der Waals surface area contributed by atoms with Crippen LogP contribution in [0.15, 0.2) is 61.1 Å². The Bertz CT molecular complexity index is 1250. The first-order valence-electron chi connectivity index (χ1n) is 11.4. The number of carboxylic acid groups (broad SMARTS) is 1. The van der Waals surface area contributed by atoms with Gasteiger partial charge in [-0.1, -0.05) is 24.3 Å². The van der Waals surface area contributed by atoms with Crippen molar-refractivity contribution in [2.75, 3.05) is 13.1 Å². The number of likely N-dealkylation sites (tertiary alicyclic amines) is 1. The summed E-state index contributed by atoms with van der Waals surface area (Å²) in [4.78, 5) is 19.0. The smallest absolute Gasteiger partial charge is 0.310 e. The minimum atomic E-state index is -0.826. The molecule has 1 aliphatic heterocycles. The number of nitrogens with zero attached hydrogens (tertiary/aromatic N) is 5. The fourth-order valence-corrected chi connectivity index (χ4v) is 4.83. The second-order valence-electron chi connectivity index (χ2n) is 9.04. The lowest BCUT2D eigenvalue weighted by Crippen LogP contribution is -2.46. The number of hydrogen-bond acceptors (Lipinski definition) is 5. The van der Waals surface area contributed by atoms with Crippen LogP contribution in [0.4, 0.5) is 0 Å². The van der Waals surface area contributed by atoms with Crippen molar-refractivity contribution in [2.45, 2.75) is 38.8 Å². The third-order valence-corrected chi connectivity index (χ3v) is 6.96. The van der Waals surface area contributed by atoms with Crippen LogP contribution in [0.25, 0.3) is 0 Å². The molecule has 1 saturated heterocycles. The van der Waals surface area contributed by atoms with Gasteiger partial charge in [0.25, 0.3) is 0 Å². The summed E-state index contributed by atoms with van der Waals surface area (Å²) >= 11 is 0. The zero-order valence-corrected chi connectivity index (χ0v) is 20.4. The molecule has 35 heavy (non-hydrogen) atoms. The number of hydrogen-bond donors (Lipinski definition) is 1. The highest BCUT2D eigenvalue weighted by atomic mass is 35.5. The SMILES string of the molecule is CC(c1cncn1Cc1ccc(C#N)cc1)N1CCC(Cc2cccc(C#N)c2)(C(=O)O)CC1.Cl. The molecule has 3 aromatic rings. The summed E-state index contributed by atoms with van der Waals surface area (Å²) in [6.07, 6.45) is 5.22. The molecule has 4 rings (SSSR count). The fraction of sp³-hybridized carbons (Fsp3) is 0.333. The first kappa shape index (κ1) is 26.0. The third-order valence-electron chi connectivity index (χ3n) is 6.96. The van der Waals surface area contributed by atoms with Gasteiger partial charge < -0.3 is 9.67 Å². The van der Waals surface area contributed by atoms with E-state index >= 15 is 0 Å². The van der Waals surface area contributed by atoms with Gasteiger partial charge in [-0.2, -0.15) is 10.5 Å². The average Bonchev–Trinajstić information content (AvgIpc) is 3.32. The maximum Gasteiger partial charge on any atom is 0.310 e. The normalized spacial score (nSPS) is 15.9. The lowest BCUT2D eigenvalue weighted by Gasteiger charge is -2.41. The van der Waals surface area contributed by atoms with Gasteiger partial charge in [-0.05, 0) is 74.7 Å². The first-order valence-corrected chi connectivity index (χ1v) is 11.4. The molecule has 0 saturated carbocycles. The molecule has 1 N–H and O–H groups in total. The van der Waals surface area contributed by atoms with Gasteiger partial charge in [-0.3, -0.25) is 9.69 Å². The predicted octanol–water partition coefficient (Wildman–Crippen LogP) is 4.57. The van der Waals surface area contributed by atoms with Gasteiger partial charge in [0.05, 0.1) is 40.7 Å². The summed E-state index contributed by atoms with van der Waals surface area (Å²) in [5.74, 6) is -0.770. The molecule has 7 nitrogen and oxygen atoms in total. The molecule has 1 aliphatic rings. The van der Waals surface area contributed by atoms with E-state index in [2.05, 4.69) is 33.5 Å². The number of piperidine rings is 1. The Morgan fingerprint density at radius 2 is 1.77 bits per heavy atom. The van der Waals surface area contributed by atoms with Crippen LogP contribution >= 0.6 is 12.4 Å². The van der Waals surface area contributed by atoms with Crippen molar-refractivity contribution in [1.82, 2.24) is 14.5 Å². The Hall–Kier alpha value is -3.65. The molecule has 2 heterocycles. The highest BCUT2D eigenvalue weighted by molar-refractivity contribution is 5.85. The summed E-state index contributed by atoms with van der Waals surface area (Å²) in [6.45, 7) is 4.14. The summed E-state index contributed by atoms with van der Waals surface area (Å²) in [6, 6.07) is 19.2. The van der Waals surface area contributed by atoms with Crippen molar-refractivity contribution in [3.8, 4) is 12.1 Å². The van der Waals surface area contributed by atoms with Gasteiger partial charge >= 0.3 is 5.97 Å². The van der Waals surface area contributed by atoms with Gasteiger partial charge in [-0.15, -0.1) is 12.4 Å². The maximum atomic E-state index is 12.3. The quantitative estimate of drug-likeness (QED) is 0.521. The van der Waals surface area contributed by atoms with Crippen LogP contribution in [0, 0.1) is 28.1 Å². The highest BCUT2D eigenvalue weighted by Crippen LogP contribution is 2.38. The summed E-state index contributed by atoms with van der Waals surface area (Å²) < 4.78 is 2.11. The Morgan fingerprint density at radius 1 is 1.09 bits per heavy atom. The number of carbonyl (C=O) groups is 1. The topological polar surface area (TPSA) is 106 Å². The number of carboxylic acids is 1. The van der Waals surface area contributed by atoms with Crippen molar-refractivity contribution < 1.29 is 9.90 Å². The van der Waals surface area contributed by atoms with Crippen molar-refractivity contribution in [3.63, 3.8) is 0 Å². The Labute approximate surface area is 211 Å². The van der Waals surface area contributed by atoms with E-state index in [9.17, 15) is 15.2 Å². The van der Waals surface area contributed by atoms with E-state index in [0.29, 0.717) is 50.0 Å². The van der Waals surface area contributed by atoms with Gasteiger partial charge in [0.15, 0.2) is 0 Å². The van der Waals surface area contributed by atoms with E-state index in [-0.39, 0.29) is 18.4 Å². The number of aromatic nitrogens is 2. The molecule has 1 atom stereocenters. The minimum absolute atomic E-state index is 0.